The highest BCUT2D eigenvalue weighted by Gasteiger charge is 2.28. The highest BCUT2D eigenvalue weighted by molar-refractivity contribution is 9.10. The summed E-state index contributed by atoms with van der Waals surface area (Å²) in [6, 6.07) is 19.4. The Morgan fingerprint density at radius 3 is 2.39 bits per heavy atom. The summed E-state index contributed by atoms with van der Waals surface area (Å²) in [6.45, 7) is 0. The second-order valence-electron chi connectivity index (χ2n) is 6.65. The zero-order valence-corrected chi connectivity index (χ0v) is 19.7. The largest absolute Gasteiger partial charge is 0.495 e. The molecule has 0 aliphatic carbocycles. The minimum atomic E-state index is -4.12. The minimum absolute atomic E-state index is 0.128. The number of amides is 1. The molecule has 0 saturated carbocycles. The molecule has 1 unspecified atom stereocenters. The van der Waals surface area contributed by atoms with Gasteiger partial charge in [-0.05, 0) is 54.4 Å². The molecule has 31 heavy (non-hydrogen) atoms. The van der Waals surface area contributed by atoms with Crippen molar-refractivity contribution in [3.63, 3.8) is 0 Å². The van der Waals surface area contributed by atoms with E-state index in [-0.39, 0.29) is 22.1 Å². The first-order chi connectivity index (χ1) is 14.8. The van der Waals surface area contributed by atoms with E-state index in [1.807, 2.05) is 30.3 Å². The number of halogens is 2. The normalized spacial score (nSPS) is 12.2. The van der Waals surface area contributed by atoms with E-state index in [1.165, 1.54) is 25.3 Å². The molecule has 3 aromatic carbocycles. The fourth-order valence-electron chi connectivity index (χ4n) is 2.91. The number of sulfonamides is 1. The molecule has 1 atom stereocenters. The van der Waals surface area contributed by atoms with Crippen molar-refractivity contribution in [2.24, 2.45) is 0 Å². The lowest BCUT2D eigenvalue weighted by Gasteiger charge is -2.20. The van der Waals surface area contributed by atoms with Crippen LogP contribution >= 0.6 is 27.5 Å². The Hall–Kier alpha value is -2.39. The summed E-state index contributed by atoms with van der Waals surface area (Å²) in [7, 11) is -2.75. The van der Waals surface area contributed by atoms with Crippen molar-refractivity contribution in [3.8, 4) is 5.75 Å². The first-order valence-corrected chi connectivity index (χ1v) is 11.9. The van der Waals surface area contributed by atoms with Crippen LogP contribution in [0.1, 0.15) is 5.56 Å². The molecule has 0 aromatic heterocycles. The fourth-order valence-corrected chi connectivity index (χ4v) is 4.80. The summed E-state index contributed by atoms with van der Waals surface area (Å²) in [4.78, 5) is 12.9. The van der Waals surface area contributed by atoms with E-state index in [4.69, 9.17) is 16.3 Å². The summed E-state index contributed by atoms with van der Waals surface area (Å²) >= 11 is 9.34. The lowest BCUT2D eigenvalue weighted by molar-refractivity contribution is -0.117. The van der Waals surface area contributed by atoms with E-state index in [2.05, 4.69) is 26.0 Å². The molecule has 0 aliphatic rings. The van der Waals surface area contributed by atoms with Crippen molar-refractivity contribution < 1.29 is 17.9 Å². The third kappa shape index (κ3) is 6.30. The van der Waals surface area contributed by atoms with Crippen LogP contribution in [0, 0.1) is 0 Å². The monoisotopic (exact) mass is 522 g/mol. The van der Waals surface area contributed by atoms with E-state index in [9.17, 15) is 13.2 Å². The van der Waals surface area contributed by atoms with Gasteiger partial charge >= 0.3 is 0 Å². The van der Waals surface area contributed by atoms with Crippen molar-refractivity contribution >= 4 is 49.1 Å². The molecule has 162 valence electrons. The van der Waals surface area contributed by atoms with Gasteiger partial charge in [0.05, 0.1) is 7.11 Å². The van der Waals surface area contributed by atoms with Crippen molar-refractivity contribution in [1.82, 2.24) is 4.72 Å². The van der Waals surface area contributed by atoms with Gasteiger partial charge in [0.15, 0.2) is 0 Å². The van der Waals surface area contributed by atoms with Gasteiger partial charge in [-0.1, -0.05) is 57.9 Å². The molecule has 0 heterocycles. The first kappa shape index (κ1) is 23.3. The summed E-state index contributed by atoms with van der Waals surface area (Å²) in [5.41, 5.74) is 1.35. The molecule has 3 aromatic rings. The fraction of sp³-hybridized carbons (Fsp3) is 0.136. The molecule has 3 rings (SSSR count). The van der Waals surface area contributed by atoms with E-state index < -0.39 is 22.0 Å². The molecule has 2 N–H and O–H groups in total. The molecular weight excluding hydrogens is 504 g/mol. The second kappa shape index (κ2) is 10.3. The third-order valence-corrected chi connectivity index (χ3v) is 6.68. The Labute approximate surface area is 194 Å². The van der Waals surface area contributed by atoms with Crippen molar-refractivity contribution in [3.05, 3.63) is 87.9 Å². The maximum Gasteiger partial charge on any atom is 0.245 e. The molecule has 0 radical (unpaired) electrons. The van der Waals surface area contributed by atoms with Crippen molar-refractivity contribution in [2.75, 3.05) is 12.4 Å². The molecule has 0 saturated heterocycles. The van der Waals surface area contributed by atoms with Gasteiger partial charge in [0, 0.05) is 15.2 Å². The average Bonchev–Trinajstić information content (AvgIpc) is 2.75. The maximum absolute atomic E-state index is 13.1. The number of anilines is 1. The average molecular weight is 524 g/mol. The number of ether oxygens (including phenoxy) is 1. The van der Waals surface area contributed by atoms with E-state index in [0.717, 1.165) is 10.0 Å². The third-order valence-electron chi connectivity index (χ3n) is 4.42. The zero-order chi connectivity index (χ0) is 22.4. The van der Waals surface area contributed by atoms with Crippen molar-refractivity contribution in [1.29, 1.82) is 0 Å². The van der Waals surface area contributed by atoms with Gasteiger partial charge in [0.1, 0.15) is 16.7 Å². The number of hydrogen-bond donors (Lipinski definition) is 2. The standard InChI is InChI=1S/C22H20BrClN2O4S/c1-30-20-12-9-17(24)14-21(20)31(28,29)26-19(13-15-5-3-2-4-6-15)22(27)25-18-10-7-16(23)8-11-18/h2-12,14,19,26H,13H2,1H3,(H,25,27). The van der Waals surface area contributed by atoms with Gasteiger partial charge in [0.25, 0.3) is 0 Å². The molecule has 0 fully saturated rings. The Bertz CT molecular complexity index is 1160. The van der Waals surface area contributed by atoms with Crippen LogP contribution in [0.25, 0.3) is 0 Å². The van der Waals surface area contributed by atoms with E-state index in [1.54, 1.807) is 24.3 Å². The number of carbonyl (C=O) groups is 1. The maximum atomic E-state index is 13.1. The molecule has 9 heteroatoms. The summed E-state index contributed by atoms with van der Waals surface area (Å²) in [5.74, 6) is -0.362. The predicted molar refractivity (Wildman–Crippen MR) is 125 cm³/mol. The molecule has 0 spiro atoms. The second-order valence-corrected chi connectivity index (χ2v) is 9.69. The number of carbonyl (C=O) groups excluding carboxylic acids is 1. The van der Waals surface area contributed by atoms with Crippen LogP contribution in [-0.4, -0.2) is 27.5 Å². The van der Waals surface area contributed by atoms with E-state index in [0.29, 0.717) is 5.69 Å². The molecule has 1 amide bonds. The Morgan fingerprint density at radius 1 is 1.06 bits per heavy atom. The van der Waals surface area contributed by atoms with Crippen LogP contribution in [0.2, 0.25) is 5.02 Å². The van der Waals surface area contributed by atoms with Crippen LogP contribution in [0.3, 0.4) is 0 Å². The molecule has 0 bridgehead atoms. The minimum Gasteiger partial charge on any atom is -0.495 e. The van der Waals surface area contributed by atoms with Crippen LogP contribution < -0.4 is 14.8 Å². The summed E-state index contributed by atoms with van der Waals surface area (Å²) in [6.07, 6.45) is 0.158. The Morgan fingerprint density at radius 2 is 1.74 bits per heavy atom. The summed E-state index contributed by atoms with van der Waals surface area (Å²) < 4.78 is 34.8. The van der Waals surface area contributed by atoms with Crippen molar-refractivity contribution in [2.45, 2.75) is 17.4 Å². The van der Waals surface area contributed by atoms with Crippen LogP contribution in [0.15, 0.2) is 82.2 Å². The van der Waals surface area contributed by atoms with Gasteiger partial charge in [0.2, 0.25) is 15.9 Å². The van der Waals surface area contributed by atoms with Crippen LogP contribution in [0.4, 0.5) is 5.69 Å². The first-order valence-electron chi connectivity index (χ1n) is 9.25. The molecule has 6 nitrogen and oxygen atoms in total. The number of rotatable bonds is 8. The smallest absolute Gasteiger partial charge is 0.245 e. The Balaban J connectivity index is 1.91. The highest BCUT2D eigenvalue weighted by Crippen LogP contribution is 2.27. The number of hydrogen-bond acceptors (Lipinski definition) is 4. The lowest BCUT2D eigenvalue weighted by Crippen LogP contribution is -2.45. The SMILES string of the molecule is COc1ccc(Cl)cc1S(=O)(=O)NC(Cc1ccccc1)C(=O)Nc1ccc(Br)cc1. The number of methoxy groups -OCH3 is 1. The van der Waals surface area contributed by atoms with Gasteiger partial charge in [-0.15, -0.1) is 0 Å². The van der Waals surface area contributed by atoms with Gasteiger partial charge in [-0.2, -0.15) is 4.72 Å². The van der Waals surface area contributed by atoms with Gasteiger partial charge < -0.3 is 10.1 Å². The molecular formula is C22H20BrClN2O4S. The van der Waals surface area contributed by atoms with Gasteiger partial charge in [-0.3, -0.25) is 4.79 Å². The van der Waals surface area contributed by atoms with Gasteiger partial charge in [-0.25, -0.2) is 8.42 Å². The van der Waals surface area contributed by atoms with Crippen LogP contribution in [0.5, 0.6) is 5.75 Å². The number of benzene rings is 3. The molecule has 0 aliphatic heterocycles. The topological polar surface area (TPSA) is 84.5 Å². The zero-order valence-electron chi connectivity index (χ0n) is 16.5. The quantitative estimate of drug-likeness (QED) is 0.451. The van der Waals surface area contributed by atoms with Crippen LogP contribution in [-0.2, 0) is 21.2 Å². The Kier molecular flexibility index (Phi) is 7.72. The van der Waals surface area contributed by atoms with E-state index >= 15 is 0 Å². The lowest BCUT2D eigenvalue weighted by atomic mass is 10.1. The highest BCUT2D eigenvalue weighted by atomic mass is 79.9. The number of nitrogens with one attached hydrogen (secondary N) is 2. The predicted octanol–water partition coefficient (Wildman–Crippen LogP) is 4.64. The summed E-state index contributed by atoms with van der Waals surface area (Å²) in [5, 5.41) is 3.00.